The first kappa shape index (κ1) is 22.0. The number of carbonyl (C=O) groups is 1. The van der Waals surface area contributed by atoms with Crippen LogP contribution in [-0.4, -0.2) is 39.8 Å². The number of nitrogens with one attached hydrogen (secondary N) is 2. The summed E-state index contributed by atoms with van der Waals surface area (Å²) in [5, 5.41) is 13.6. The Balaban J connectivity index is 1.36. The third-order valence-corrected chi connectivity index (χ3v) is 7.35. The highest BCUT2D eigenvalue weighted by molar-refractivity contribution is 7.99. The van der Waals surface area contributed by atoms with Crippen LogP contribution in [0.25, 0.3) is 11.6 Å². The summed E-state index contributed by atoms with van der Waals surface area (Å²) in [6, 6.07) is 9.47. The van der Waals surface area contributed by atoms with Crippen molar-refractivity contribution in [1.82, 2.24) is 19.7 Å². The maximum Gasteiger partial charge on any atom is 0.263 e. The van der Waals surface area contributed by atoms with Crippen LogP contribution in [-0.2, 0) is 21.4 Å². The molecule has 0 fully saturated rings. The number of amides is 1. The molecule has 0 spiro atoms. The van der Waals surface area contributed by atoms with Gasteiger partial charge in [-0.3, -0.25) is 14.1 Å². The Morgan fingerprint density at radius 3 is 2.69 bits per heavy atom. The molecule has 32 heavy (non-hydrogen) atoms. The highest BCUT2D eigenvalue weighted by Gasteiger charge is 2.17. The van der Waals surface area contributed by atoms with Crippen LogP contribution in [0, 0.1) is 0 Å². The maximum absolute atomic E-state index is 12.4. The van der Waals surface area contributed by atoms with E-state index in [2.05, 4.69) is 25.2 Å². The summed E-state index contributed by atoms with van der Waals surface area (Å²) in [6.07, 6.45) is 3.08. The first-order valence-electron chi connectivity index (χ1n) is 9.38. The molecule has 4 aromatic rings. The van der Waals surface area contributed by atoms with E-state index in [-0.39, 0.29) is 21.7 Å². The van der Waals surface area contributed by atoms with E-state index in [1.54, 1.807) is 23.8 Å². The van der Waals surface area contributed by atoms with Crippen molar-refractivity contribution < 1.29 is 17.6 Å². The van der Waals surface area contributed by atoms with E-state index in [1.165, 1.54) is 53.6 Å². The average Bonchev–Trinajstić information content (AvgIpc) is 3.53. The fourth-order valence-corrected chi connectivity index (χ4v) is 5.35. The number of nitrogens with zero attached hydrogens (tertiary/aromatic N) is 4. The van der Waals surface area contributed by atoms with Crippen LogP contribution in [0.5, 0.6) is 0 Å². The second-order valence-electron chi connectivity index (χ2n) is 6.33. The van der Waals surface area contributed by atoms with Gasteiger partial charge in [0.05, 0.1) is 16.9 Å². The number of rotatable bonds is 9. The zero-order valence-corrected chi connectivity index (χ0v) is 19.2. The van der Waals surface area contributed by atoms with Crippen LogP contribution in [0.1, 0.15) is 6.92 Å². The summed E-state index contributed by atoms with van der Waals surface area (Å²) in [4.78, 5) is 16.3. The topological polar surface area (TPSA) is 132 Å². The number of hydrogen-bond acceptors (Lipinski definition) is 9. The number of carbonyl (C=O) groups excluding carboxylic acids is 1. The van der Waals surface area contributed by atoms with E-state index in [9.17, 15) is 13.2 Å². The predicted molar refractivity (Wildman–Crippen MR) is 122 cm³/mol. The van der Waals surface area contributed by atoms with Gasteiger partial charge in [-0.05, 0) is 43.3 Å². The van der Waals surface area contributed by atoms with E-state index >= 15 is 0 Å². The molecule has 13 heteroatoms. The quantitative estimate of drug-likeness (QED) is 0.341. The molecule has 10 nitrogen and oxygen atoms in total. The highest BCUT2D eigenvalue weighted by atomic mass is 32.2. The molecule has 0 unspecified atom stereocenters. The van der Waals surface area contributed by atoms with Crippen molar-refractivity contribution in [2.75, 3.05) is 15.8 Å². The van der Waals surface area contributed by atoms with Crippen LogP contribution < -0.4 is 10.0 Å². The normalized spacial score (nSPS) is 11.4. The van der Waals surface area contributed by atoms with Gasteiger partial charge in [0.2, 0.25) is 5.91 Å². The molecule has 2 N–H and O–H groups in total. The zero-order valence-electron chi connectivity index (χ0n) is 16.8. The monoisotopic (exact) mass is 490 g/mol. The lowest BCUT2D eigenvalue weighted by Crippen LogP contribution is -2.15. The second-order valence-corrected chi connectivity index (χ2v) is 9.85. The molecular formula is C19H18N6O4S3. The summed E-state index contributed by atoms with van der Waals surface area (Å²) < 4.78 is 34.4. The van der Waals surface area contributed by atoms with Gasteiger partial charge in [-0.25, -0.2) is 13.4 Å². The smallest absolute Gasteiger partial charge is 0.263 e. The van der Waals surface area contributed by atoms with Gasteiger partial charge in [0.1, 0.15) is 0 Å². The minimum atomic E-state index is -3.74. The second kappa shape index (κ2) is 9.54. The first-order valence-corrected chi connectivity index (χ1v) is 12.7. The number of thioether (sulfide) groups is 1. The Bertz CT molecular complexity index is 1280. The number of sulfonamides is 1. The molecule has 0 saturated carbocycles. The third-order valence-electron chi connectivity index (χ3n) is 4.21. The minimum Gasteiger partial charge on any atom is -0.461 e. The van der Waals surface area contributed by atoms with Crippen molar-refractivity contribution >= 4 is 49.8 Å². The Kier molecular flexibility index (Phi) is 6.58. The number of furan rings is 1. The minimum absolute atomic E-state index is 0.0709. The van der Waals surface area contributed by atoms with Crippen LogP contribution in [0.2, 0.25) is 0 Å². The Morgan fingerprint density at radius 1 is 1.22 bits per heavy atom. The van der Waals surface area contributed by atoms with Crippen LogP contribution in [0.15, 0.2) is 68.7 Å². The number of benzene rings is 1. The molecule has 3 heterocycles. The maximum atomic E-state index is 12.4. The summed E-state index contributed by atoms with van der Waals surface area (Å²) in [5.74, 6) is 1.07. The van der Waals surface area contributed by atoms with Crippen molar-refractivity contribution in [2.45, 2.75) is 23.5 Å². The van der Waals surface area contributed by atoms with Crippen LogP contribution >= 0.6 is 23.1 Å². The molecule has 1 aromatic carbocycles. The van der Waals surface area contributed by atoms with Crippen LogP contribution in [0.4, 0.5) is 10.8 Å². The van der Waals surface area contributed by atoms with E-state index in [1.807, 2.05) is 11.5 Å². The van der Waals surface area contributed by atoms with Crippen molar-refractivity contribution in [1.29, 1.82) is 0 Å². The predicted octanol–water partition coefficient (Wildman–Crippen LogP) is 3.55. The number of hydrogen-bond donors (Lipinski definition) is 2. The molecule has 1 amide bonds. The highest BCUT2D eigenvalue weighted by Crippen LogP contribution is 2.25. The Hall–Kier alpha value is -3.16. The third kappa shape index (κ3) is 5.00. The molecule has 0 radical (unpaired) electrons. The van der Waals surface area contributed by atoms with E-state index < -0.39 is 10.0 Å². The van der Waals surface area contributed by atoms with E-state index in [4.69, 9.17) is 4.42 Å². The van der Waals surface area contributed by atoms with Crippen molar-refractivity contribution in [3.63, 3.8) is 0 Å². The van der Waals surface area contributed by atoms with E-state index in [0.717, 1.165) is 0 Å². The lowest BCUT2D eigenvalue weighted by molar-refractivity contribution is -0.113. The summed E-state index contributed by atoms with van der Waals surface area (Å²) >= 11 is 2.44. The van der Waals surface area contributed by atoms with Crippen LogP contribution in [0.3, 0.4) is 0 Å². The molecule has 166 valence electrons. The van der Waals surface area contributed by atoms with Gasteiger partial charge in [-0.1, -0.05) is 11.8 Å². The molecule has 3 aromatic heterocycles. The van der Waals surface area contributed by atoms with E-state index in [0.29, 0.717) is 29.0 Å². The molecule has 0 bridgehead atoms. The van der Waals surface area contributed by atoms with Gasteiger partial charge < -0.3 is 9.73 Å². The van der Waals surface area contributed by atoms with Gasteiger partial charge >= 0.3 is 0 Å². The molecule has 4 rings (SSSR count). The van der Waals surface area contributed by atoms with Gasteiger partial charge in [0.15, 0.2) is 21.9 Å². The molecule has 0 aliphatic carbocycles. The summed E-state index contributed by atoms with van der Waals surface area (Å²) in [5.41, 5.74) is 0.483. The number of thiazole rings is 1. The fraction of sp³-hybridized carbons (Fsp3) is 0.158. The van der Waals surface area contributed by atoms with Gasteiger partial charge in [-0.2, -0.15) is 0 Å². The lowest BCUT2D eigenvalue weighted by Gasteiger charge is -2.08. The van der Waals surface area contributed by atoms with Crippen molar-refractivity contribution in [3.8, 4) is 11.6 Å². The standard InChI is InChI=1S/C19H18N6O4S3/c1-2-25-17(15-4-3-10-29-15)22-23-19(25)31-12-16(26)21-13-5-7-14(8-6-13)32(27,28)24-18-20-9-11-30-18/h3-11H,2,12H2,1H3,(H,20,24)(H,21,26). The van der Waals surface area contributed by atoms with Gasteiger partial charge in [0, 0.05) is 23.8 Å². The summed E-state index contributed by atoms with van der Waals surface area (Å²) in [7, 11) is -3.74. The first-order chi connectivity index (χ1) is 15.5. The largest absolute Gasteiger partial charge is 0.461 e. The Labute approximate surface area is 192 Å². The van der Waals surface area contributed by atoms with Gasteiger partial charge in [-0.15, -0.1) is 21.5 Å². The SMILES string of the molecule is CCn1c(SCC(=O)Nc2ccc(S(=O)(=O)Nc3nccs3)cc2)nnc1-c1ccco1. The summed E-state index contributed by atoms with van der Waals surface area (Å²) in [6.45, 7) is 2.58. The van der Waals surface area contributed by atoms with Crippen molar-refractivity contribution in [3.05, 3.63) is 54.2 Å². The number of aromatic nitrogens is 4. The molecule has 0 atom stereocenters. The average molecular weight is 491 g/mol. The molecule has 0 aliphatic heterocycles. The van der Waals surface area contributed by atoms with Gasteiger partial charge in [0.25, 0.3) is 10.0 Å². The lowest BCUT2D eigenvalue weighted by atomic mass is 10.3. The van der Waals surface area contributed by atoms with Crippen molar-refractivity contribution in [2.24, 2.45) is 0 Å². The fourth-order valence-electron chi connectivity index (χ4n) is 2.76. The molecule has 0 aliphatic rings. The molecular weight excluding hydrogens is 472 g/mol. The zero-order chi connectivity index (χ0) is 22.6. The molecule has 0 saturated heterocycles. The number of anilines is 2. The Morgan fingerprint density at radius 2 is 2.03 bits per heavy atom.